The molecule has 0 aliphatic rings. The van der Waals surface area contributed by atoms with Crippen molar-refractivity contribution in [3.05, 3.63) is 83.3 Å². The first-order chi connectivity index (χ1) is 14.1. The predicted octanol–water partition coefficient (Wildman–Crippen LogP) is 5.06. The number of nitrogens with zero attached hydrogens (tertiary/aromatic N) is 3. The molecule has 0 aliphatic carbocycles. The first kappa shape index (κ1) is 18.5. The number of anilines is 3. The lowest BCUT2D eigenvalue weighted by Gasteiger charge is -2.14. The molecule has 7 heteroatoms. The van der Waals surface area contributed by atoms with E-state index in [2.05, 4.69) is 21.4 Å². The van der Waals surface area contributed by atoms with Crippen LogP contribution in [0.4, 0.5) is 17.1 Å². The van der Waals surface area contributed by atoms with Gasteiger partial charge in [-0.1, -0.05) is 17.7 Å². The van der Waals surface area contributed by atoms with Gasteiger partial charge < -0.3 is 15.8 Å². The lowest BCUT2D eigenvalue weighted by atomic mass is 10.1. The predicted molar refractivity (Wildman–Crippen MR) is 114 cm³/mol. The van der Waals surface area contributed by atoms with Crippen LogP contribution in [0.3, 0.4) is 0 Å². The highest BCUT2D eigenvalue weighted by molar-refractivity contribution is 6.32. The van der Waals surface area contributed by atoms with Gasteiger partial charge in [-0.15, -0.1) is 0 Å². The van der Waals surface area contributed by atoms with E-state index in [0.29, 0.717) is 40.0 Å². The number of hydrogen-bond acceptors (Lipinski definition) is 6. The van der Waals surface area contributed by atoms with Gasteiger partial charge in [-0.3, -0.25) is 9.97 Å². The summed E-state index contributed by atoms with van der Waals surface area (Å²) in [4.78, 5) is 8.53. The van der Waals surface area contributed by atoms with E-state index in [9.17, 15) is 5.26 Å². The van der Waals surface area contributed by atoms with E-state index in [-0.39, 0.29) is 0 Å². The average Bonchev–Trinajstić information content (AvgIpc) is 2.74. The van der Waals surface area contributed by atoms with Crippen LogP contribution >= 0.6 is 11.6 Å². The van der Waals surface area contributed by atoms with Crippen LogP contribution in [0.15, 0.2) is 67.0 Å². The Labute approximate surface area is 172 Å². The summed E-state index contributed by atoms with van der Waals surface area (Å²) in [6, 6.07) is 18.5. The number of aromatic nitrogens is 2. The SMILES string of the molecule is N#Cc1cnc2ccc(N)cc2c1Nc1ccc(OCc2ccccn2)c(Cl)c1. The molecule has 0 aliphatic heterocycles. The van der Waals surface area contributed by atoms with E-state index in [1.807, 2.05) is 30.3 Å². The molecule has 4 rings (SSSR count). The third-order valence-corrected chi connectivity index (χ3v) is 4.61. The van der Waals surface area contributed by atoms with E-state index >= 15 is 0 Å². The Bertz CT molecular complexity index is 1220. The second-order valence-electron chi connectivity index (χ2n) is 6.32. The summed E-state index contributed by atoms with van der Waals surface area (Å²) in [7, 11) is 0. The van der Waals surface area contributed by atoms with Crippen molar-refractivity contribution in [1.29, 1.82) is 5.26 Å². The van der Waals surface area contributed by atoms with Gasteiger partial charge in [-0.05, 0) is 48.5 Å². The zero-order valence-corrected chi connectivity index (χ0v) is 16.0. The molecule has 4 aromatic rings. The van der Waals surface area contributed by atoms with Crippen molar-refractivity contribution in [3.63, 3.8) is 0 Å². The van der Waals surface area contributed by atoms with Crippen LogP contribution in [-0.4, -0.2) is 9.97 Å². The number of nitrogens with one attached hydrogen (secondary N) is 1. The third-order valence-electron chi connectivity index (χ3n) is 4.32. The molecule has 0 atom stereocenters. The maximum Gasteiger partial charge on any atom is 0.138 e. The highest BCUT2D eigenvalue weighted by Crippen LogP contribution is 2.33. The van der Waals surface area contributed by atoms with Crippen molar-refractivity contribution in [2.24, 2.45) is 0 Å². The van der Waals surface area contributed by atoms with Crippen LogP contribution in [0.25, 0.3) is 10.9 Å². The lowest BCUT2D eigenvalue weighted by Crippen LogP contribution is -2.00. The maximum absolute atomic E-state index is 9.49. The molecule has 0 saturated heterocycles. The van der Waals surface area contributed by atoms with Crippen molar-refractivity contribution in [2.75, 3.05) is 11.1 Å². The van der Waals surface area contributed by atoms with E-state index < -0.39 is 0 Å². The molecule has 6 nitrogen and oxygen atoms in total. The Hall–Kier alpha value is -3.82. The second kappa shape index (κ2) is 8.05. The summed E-state index contributed by atoms with van der Waals surface area (Å²) in [6.07, 6.45) is 3.25. The van der Waals surface area contributed by atoms with E-state index in [1.165, 1.54) is 6.20 Å². The number of nitrogen functional groups attached to an aromatic ring is 1. The number of fused-ring (bicyclic) bond motifs is 1. The monoisotopic (exact) mass is 401 g/mol. The minimum Gasteiger partial charge on any atom is -0.486 e. The molecule has 2 heterocycles. The number of ether oxygens (including phenoxy) is 1. The molecular weight excluding hydrogens is 386 g/mol. The Balaban J connectivity index is 1.61. The number of pyridine rings is 2. The van der Waals surface area contributed by atoms with Crippen molar-refractivity contribution in [1.82, 2.24) is 9.97 Å². The van der Waals surface area contributed by atoms with Crippen LogP contribution in [-0.2, 0) is 6.61 Å². The fraction of sp³-hybridized carbons (Fsp3) is 0.0455. The minimum absolute atomic E-state index is 0.320. The summed E-state index contributed by atoms with van der Waals surface area (Å²) in [6.45, 7) is 0.320. The molecular formula is C22H16ClN5O. The van der Waals surface area contributed by atoms with Gasteiger partial charge in [0.05, 0.1) is 27.5 Å². The van der Waals surface area contributed by atoms with Gasteiger partial charge in [-0.2, -0.15) is 5.26 Å². The maximum atomic E-state index is 9.49. The van der Waals surface area contributed by atoms with Gasteiger partial charge >= 0.3 is 0 Å². The fourth-order valence-electron chi connectivity index (χ4n) is 2.90. The third kappa shape index (κ3) is 4.05. The van der Waals surface area contributed by atoms with Gasteiger partial charge in [0.25, 0.3) is 0 Å². The molecule has 0 spiro atoms. The van der Waals surface area contributed by atoms with Gasteiger partial charge in [-0.25, -0.2) is 0 Å². The van der Waals surface area contributed by atoms with Crippen molar-refractivity contribution in [3.8, 4) is 11.8 Å². The molecule has 142 valence electrons. The van der Waals surface area contributed by atoms with Gasteiger partial charge in [0.15, 0.2) is 0 Å². The largest absolute Gasteiger partial charge is 0.486 e. The lowest BCUT2D eigenvalue weighted by molar-refractivity contribution is 0.301. The van der Waals surface area contributed by atoms with Gasteiger partial charge in [0, 0.05) is 29.2 Å². The Kier molecular flexibility index (Phi) is 5.14. The Morgan fingerprint density at radius 3 is 2.76 bits per heavy atom. The highest BCUT2D eigenvalue weighted by Gasteiger charge is 2.11. The quantitative estimate of drug-likeness (QED) is 0.453. The van der Waals surface area contributed by atoms with Crippen molar-refractivity contribution >= 4 is 39.6 Å². The molecule has 0 bridgehead atoms. The zero-order valence-electron chi connectivity index (χ0n) is 15.3. The first-order valence-electron chi connectivity index (χ1n) is 8.81. The number of rotatable bonds is 5. The number of nitriles is 1. The Morgan fingerprint density at radius 1 is 1.10 bits per heavy atom. The molecule has 2 aromatic carbocycles. The van der Waals surface area contributed by atoms with Crippen LogP contribution in [0.5, 0.6) is 5.75 Å². The summed E-state index contributed by atoms with van der Waals surface area (Å²) in [5, 5.41) is 14.0. The standard InChI is InChI=1S/C22H16ClN5O/c23-19-10-16(5-7-21(19)29-13-17-3-1-2-8-26-17)28-22-14(11-24)12-27-20-6-4-15(25)9-18(20)22/h1-10,12H,13,25H2,(H,27,28). The van der Waals surface area contributed by atoms with Crippen molar-refractivity contribution in [2.45, 2.75) is 6.61 Å². The van der Waals surface area contributed by atoms with Gasteiger partial charge in [0.1, 0.15) is 18.4 Å². The average molecular weight is 402 g/mol. The van der Waals surface area contributed by atoms with Gasteiger partial charge in [0.2, 0.25) is 0 Å². The molecule has 0 amide bonds. The summed E-state index contributed by atoms with van der Waals surface area (Å²) in [5.74, 6) is 0.548. The van der Waals surface area contributed by atoms with E-state index in [1.54, 1.807) is 30.5 Å². The molecule has 0 fully saturated rings. The smallest absolute Gasteiger partial charge is 0.138 e. The summed E-state index contributed by atoms with van der Waals surface area (Å²) >= 11 is 6.40. The summed E-state index contributed by atoms with van der Waals surface area (Å²) in [5.41, 5.74) is 9.82. The van der Waals surface area contributed by atoms with Crippen LogP contribution in [0, 0.1) is 11.3 Å². The number of nitrogens with two attached hydrogens (primary N) is 1. The van der Waals surface area contributed by atoms with Crippen molar-refractivity contribution < 1.29 is 4.74 Å². The second-order valence-corrected chi connectivity index (χ2v) is 6.72. The molecule has 3 N–H and O–H groups in total. The van der Waals surface area contributed by atoms with Crippen LogP contribution < -0.4 is 15.8 Å². The highest BCUT2D eigenvalue weighted by atomic mass is 35.5. The fourth-order valence-corrected chi connectivity index (χ4v) is 3.14. The number of hydrogen-bond donors (Lipinski definition) is 2. The zero-order chi connectivity index (χ0) is 20.2. The van der Waals surface area contributed by atoms with Crippen LogP contribution in [0.2, 0.25) is 5.02 Å². The van der Waals surface area contributed by atoms with E-state index in [0.717, 1.165) is 16.6 Å². The molecule has 29 heavy (non-hydrogen) atoms. The Morgan fingerprint density at radius 2 is 2.00 bits per heavy atom. The normalized spacial score (nSPS) is 10.5. The number of halogens is 1. The minimum atomic E-state index is 0.320. The molecule has 0 unspecified atom stereocenters. The number of benzene rings is 2. The topological polar surface area (TPSA) is 96.9 Å². The molecule has 0 radical (unpaired) electrons. The first-order valence-corrected chi connectivity index (χ1v) is 9.19. The van der Waals surface area contributed by atoms with E-state index in [4.69, 9.17) is 22.1 Å². The van der Waals surface area contributed by atoms with Crippen LogP contribution in [0.1, 0.15) is 11.3 Å². The molecule has 2 aromatic heterocycles. The molecule has 0 saturated carbocycles. The summed E-state index contributed by atoms with van der Waals surface area (Å²) < 4.78 is 5.76.